The van der Waals surface area contributed by atoms with Crippen LogP contribution in [-0.4, -0.2) is 83.2 Å². The molecule has 1 N–H and O–H groups in total. The fourth-order valence-electron chi connectivity index (χ4n) is 7.36. The molecule has 4 aliphatic rings. The lowest BCUT2D eigenvalue weighted by Crippen LogP contribution is -2.58. The lowest BCUT2D eigenvalue weighted by Gasteiger charge is -2.40. The molecule has 3 amide bonds. The van der Waals surface area contributed by atoms with E-state index >= 15 is 0 Å². The second-order valence-corrected chi connectivity index (χ2v) is 13.6. The fraction of sp³-hybridized carbons (Fsp3) is 0.457. The Morgan fingerprint density at radius 1 is 0.911 bits per heavy atom. The Kier molecular flexibility index (Phi) is 8.72. The van der Waals surface area contributed by atoms with Gasteiger partial charge in [0.25, 0.3) is 5.91 Å². The van der Waals surface area contributed by atoms with E-state index in [1.54, 1.807) is 33.6 Å². The molecule has 2 fully saturated rings. The quantitative estimate of drug-likeness (QED) is 0.412. The summed E-state index contributed by atoms with van der Waals surface area (Å²) in [6.45, 7) is 6.91. The molecular weight excluding hydrogens is 590 g/mol. The van der Waals surface area contributed by atoms with E-state index in [1.165, 1.54) is 0 Å². The van der Waals surface area contributed by atoms with Gasteiger partial charge in [0.2, 0.25) is 11.8 Å². The van der Waals surface area contributed by atoms with Gasteiger partial charge >= 0.3 is 0 Å². The number of anilines is 2. The molecule has 238 valence electrons. The summed E-state index contributed by atoms with van der Waals surface area (Å²) < 4.78 is 9.96. The van der Waals surface area contributed by atoms with Gasteiger partial charge in [-0.25, -0.2) is 0 Å². The molecule has 6 rings (SSSR count). The summed E-state index contributed by atoms with van der Waals surface area (Å²) in [5.74, 6) is -0.713. The molecular formula is C35H41N3O6S. The molecule has 2 aromatic carbocycles. The zero-order valence-electron chi connectivity index (χ0n) is 26.2. The summed E-state index contributed by atoms with van der Waals surface area (Å²) in [4.78, 5) is 49.2. The summed E-state index contributed by atoms with van der Waals surface area (Å²) in [5, 5.41) is 10.4. The molecule has 2 saturated heterocycles. The van der Waals surface area contributed by atoms with Crippen LogP contribution >= 0.6 is 11.8 Å². The smallest absolute Gasteiger partial charge is 0.251 e. The molecule has 0 aliphatic carbocycles. The third-order valence-corrected chi connectivity index (χ3v) is 11.5. The topological polar surface area (TPSA) is 99.6 Å². The number of thioether (sulfide) groups is 1. The number of fused-ring (bicyclic) bond motifs is 2. The van der Waals surface area contributed by atoms with Gasteiger partial charge in [0.15, 0.2) is 0 Å². The number of rotatable bonds is 9. The van der Waals surface area contributed by atoms with Crippen LogP contribution in [0.5, 0.6) is 11.5 Å². The van der Waals surface area contributed by atoms with Gasteiger partial charge in [0.05, 0.1) is 42.9 Å². The summed E-state index contributed by atoms with van der Waals surface area (Å²) in [5.41, 5.74) is 1.42. The normalized spacial score (nSPS) is 28.7. The molecule has 1 unspecified atom stereocenters. The van der Waals surface area contributed by atoms with Crippen LogP contribution in [-0.2, 0) is 14.4 Å². The maximum absolute atomic E-state index is 14.8. The van der Waals surface area contributed by atoms with Gasteiger partial charge in [-0.2, -0.15) is 0 Å². The Labute approximate surface area is 268 Å². The molecule has 10 heteroatoms. The van der Waals surface area contributed by atoms with E-state index in [0.717, 1.165) is 17.9 Å². The molecule has 4 aliphatic heterocycles. The van der Waals surface area contributed by atoms with Gasteiger partial charge in [-0.15, -0.1) is 11.8 Å². The number of aliphatic hydroxyl groups excluding tert-OH is 1. The van der Waals surface area contributed by atoms with Crippen molar-refractivity contribution in [3.05, 3.63) is 72.8 Å². The lowest BCUT2D eigenvalue weighted by molar-refractivity contribution is -0.142. The summed E-state index contributed by atoms with van der Waals surface area (Å²) in [6.07, 6.45) is 8.71. The number of ether oxygens (including phenoxy) is 2. The molecule has 1 spiro atoms. The van der Waals surface area contributed by atoms with E-state index in [9.17, 15) is 19.5 Å². The molecule has 4 heterocycles. The van der Waals surface area contributed by atoms with Crippen LogP contribution in [0.4, 0.5) is 11.4 Å². The van der Waals surface area contributed by atoms with E-state index in [1.807, 2.05) is 93.6 Å². The Balaban J connectivity index is 1.43. The van der Waals surface area contributed by atoms with Crippen molar-refractivity contribution in [2.75, 3.05) is 43.2 Å². The average molecular weight is 632 g/mol. The predicted molar refractivity (Wildman–Crippen MR) is 176 cm³/mol. The minimum atomic E-state index is -0.979. The van der Waals surface area contributed by atoms with Crippen LogP contribution < -0.4 is 19.3 Å². The van der Waals surface area contributed by atoms with E-state index < -0.39 is 28.7 Å². The van der Waals surface area contributed by atoms with Crippen LogP contribution in [0.15, 0.2) is 72.8 Å². The van der Waals surface area contributed by atoms with Crippen molar-refractivity contribution < 1.29 is 29.0 Å². The summed E-state index contributed by atoms with van der Waals surface area (Å²) >= 11 is 1.54. The SMILES string of the molecule is CCOc1ccc(N2CC=C[C@@H]3S[C@]45C=CCN(c6ccc(OC)cc6)C(=O)C4N([C@@H](CO)[C@@H](C)CC)C(=O)[C@@H]5[C@@H]3C2=O)cc1. The Bertz CT molecular complexity index is 1490. The fourth-order valence-corrected chi connectivity index (χ4v) is 9.36. The zero-order valence-corrected chi connectivity index (χ0v) is 27.0. The third kappa shape index (κ3) is 5.12. The number of aliphatic hydroxyl groups is 1. The van der Waals surface area contributed by atoms with Crippen LogP contribution in [0.3, 0.4) is 0 Å². The first kappa shape index (κ1) is 31.2. The molecule has 0 radical (unpaired) electrons. The van der Waals surface area contributed by atoms with Crippen molar-refractivity contribution >= 4 is 40.9 Å². The van der Waals surface area contributed by atoms with Crippen LogP contribution in [0.2, 0.25) is 0 Å². The zero-order chi connectivity index (χ0) is 31.9. The molecule has 9 nitrogen and oxygen atoms in total. The molecule has 0 aromatic heterocycles. The van der Waals surface area contributed by atoms with Gasteiger partial charge in [0, 0.05) is 29.7 Å². The molecule has 0 saturated carbocycles. The molecule has 0 bridgehead atoms. The molecule has 7 atom stereocenters. The highest BCUT2D eigenvalue weighted by atomic mass is 32.2. The molecule has 45 heavy (non-hydrogen) atoms. The first-order chi connectivity index (χ1) is 21.8. The minimum absolute atomic E-state index is 0.0600. The third-order valence-electron chi connectivity index (χ3n) is 9.79. The van der Waals surface area contributed by atoms with Gasteiger partial charge in [-0.1, -0.05) is 44.6 Å². The Morgan fingerprint density at radius 2 is 1.53 bits per heavy atom. The lowest BCUT2D eigenvalue weighted by atomic mass is 9.78. The van der Waals surface area contributed by atoms with Crippen molar-refractivity contribution in [1.82, 2.24) is 4.90 Å². The number of hydrogen-bond acceptors (Lipinski definition) is 7. The second kappa shape index (κ2) is 12.6. The first-order valence-corrected chi connectivity index (χ1v) is 16.6. The number of amides is 3. The summed E-state index contributed by atoms with van der Waals surface area (Å²) in [6, 6.07) is 13.3. The average Bonchev–Trinajstić information content (AvgIpc) is 3.37. The highest BCUT2D eigenvalue weighted by molar-refractivity contribution is 8.02. The Morgan fingerprint density at radius 3 is 2.13 bits per heavy atom. The molecule has 2 aromatic rings. The van der Waals surface area contributed by atoms with E-state index in [4.69, 9.17) is 9.47 Å². The van der Waals surface area contributed by atoms with Crippen molar-refractivity contribution in [2.24, 2.45) is 17.8 Å². The number of methoxy groups -OCH3 is 1. The van der Waals surface area contributed by atoms with E-state index in [2.05, 4.69) is 0 Å². The van der Waals surface area contributed by atoms with Gasteiger partial charge in [0.1, 0.15) is 17.5 Å². The van der Waals surface area contributed by atoms with E-state index in [0.29, 0.717) is 31.1 Å². The Hall–Kier alpha value is -3.76. The van der Waals surface area contributed by atoms with Crippen molar-refractivity contribution in [1.29, 1.82) is 0 Å². The highest BCUT2D eigenvalue weighted by Gasteiger charge is 2.72. The van der Waals surface area contributed by atoms with Crippen LogP contribution in [0.1, 0.15) is 27.2 Å². The van der Waals surface area contributed by atoms with Crippen molar-refractivity contribution in [2.45, 2.75) is 49.3 Å². The number of hydrogen-bond donors (Lipinski definition) is 1. The number of carbonyl (C=O) groups excluding carboxylic acids is 3. The van der Waals surface area contributed by atoms with Crippen LogP contribution in [0, 0.1) is 17.8 Å². The van der Waals surface area contributed by atoms with E-state index in [-0.39, 0.29) is 35.5 Å². The standard InChI is InChI=1S/C35H41N3O6S/c1-5-22(3)27(21-39)38-31-34(42)37(24-10-14-25(43-4)15-11-24)20-8-18-35(31)30(33(38)41)29-28(45-35)9-7-19-36(32(29)40)23-12-16-26(17-13-23)44-6-2/h7-18,22,27-31,39H,5-6,19-21H2,1-4H3/t22-,27-,28-,29+,30-,31?,35-/m0/s1. The maximum Gasteiger partial charge on any atom is 0.251 e. The predicted octanol–water partition coefficient (Wildman–Crippen LogP) is 4.30. The van der Waals surface area contributed by atoms with Gasteiger partial charge in [-0.3, -0.25) is 14.4 Å². The number of carbonyl (C=O) groups is 3. The van der Waals surface area contributed by atoms with Crippen molar-refractivity contribution in [3.8, 4) is 11.5 Å². The maximum atomic E-state index is 14.8. The first-order valence-electron chi connectivity index (χ1n) is 15.7. The second-order valence-electron chi connectivity index (χ2n) is 12.1. The number of benzene rings is 2. The number of nitrogens with zero attached hydrogens (tertiary/aromatic N) is 3. The minimum Gasteiger partial charge on any atom is -0.497 e. The number of likely N-dealkylation sites (tertiary alicyclic amines) is 1. The highest BCUT2D eigenvalue weighted by Crippen LogP contribution is 2.61. The largest absolute Gasteiger partial charge is 0.497 e. The van der Waals surface area contributed by atoms with Gasteiger partial charge in [-0.05, 0) is 61.4 Å². The monoisotopic (exact) mass is 631 g/mol. The van der Waals surface area contributed by atoms with Crippen LogP contribution in [0.25, 0.3) is 0 Å². The van der Waals surface area contributed by atoms with Gasteiger partial charge < -0.3 is 29.3 Å². The summed E-state index contributed by atoms with van der Waals surface area (Å²) in [7, 11) is 1.59. The van der Waals surface area contributed by atoms with Crippen molar-refractivity contribution in [3.63, 3.8) is 0 Å².